The van der Waals surface area contributed by atoms with Crippen molar-refractivity contribution in [1.29, 1.82) is 0 Å². The van der Waals surface area contributed by atoms with Gasteiger partial charge in [0.2, 0.25) is 5.76 Å². The van der Waals surface area contributed by atoms with Gasteiger partial charge < -0.3 is 10.2 Å². The fraction of sp³-hybridized carbons (Fsp3) is 0.0667. The average Bonchev–Trinajstić information content (AvgIpc) is 2.81. The lowest BCUT2D eigenvalue weighted by atomic mass is 10.1. The molecule has 0 bridgehead atoms. The largest absolute Gasteiger partial charge is 0.502 e. The Morgan fingerprint density at radius 3 is 2.40 bits per heavy atom. The van der Waals surface area contributed by atoms with Gasteiger partial charge in [0.05, 0.1) is 4.88 Å². The van der Waals surface area contributed by atoms with Crippen LogP contribution in [-0.2, 0) is 4.79 Å². The number of carbonyl (C=O) groups is 2. The van der Waals surface area contributed by atoms with Crippen LogP contribution in [0.25, 0.3) is 10.4 Å². The first-order valence-corrected chi connectivity index (χ1v) is 6.65. The van der Waals surface area contributed by atoms with Crippen molar-refractivity contribution in [2.45, 2.75) is 6.92 Å². The summed E-state index contributed by atoms with van der Waals surface area (Å²) < 4.78 is 0. The van der Waals surface area contributed by atoms with Gasteiger partial charge in [0.25, 0.3) is 0 Å². The van der Waals surface area contributed by atoms with Crippen molar-refractivity contribution in [2.24, 2.45) is 0 Å². The lowest BCUT2D eigenvalue weighted by molar-refractivity contribution is -0.135. The molecule has 1 aromatic carbocycles. The van der Waals surface area contributed by atoms with E-state index < -0.39 is 17.5 Å². The minimum Gasteiger partial charge on any atom is -0.502 e. The number of aliphatic hydroxyl groups excluding tert-OH is 1. The second-order valence-corrected chi connectivity index (χ2v) is 5.24. The summed E-state index contributed by atoms with van der Waals surface area (Å²) in [4.78, 5) is 23.8. The van der Waals surface area contributed by atoms with E-state index in [0.717, 1.165) is 22.1 Å². The van der Waals surface area contributed by atoms with Gasteiger partial charge in [0, 0.05) is 11.0 Å². The first-order valence-electron chi connectivity index (χ1n) is 5.83. The molecular weight excluding hydrogens is 276 g/mol. The lowest BCUT2D eigenvalue weighted by Gasteiger charge is -1.95. The van der Waals surface area contributed by atoms with Crippen molar-refractivity contribution >= 4 is 23.1 Å². The first kappa shape index (κ1) is 14.0. The quantitative estimate of drug-likeness (QED) is 0.513. The fourth-order valence-electron chi connectivity index (χ4n) is 1.72. The number of hydrogen-bond donors (Lipinski definition) is 2. The Kier molecular flexibility index (Phi) is 4.00. The zero-order chi connectivity index (χ0) is 14.7. The van der Waals surface area contributed by atoms with Crippen LogP contribution < -0.4 is 0 Å². The highest BCUT2D eigenvalue weighted by atomic mass is 32.1. The van der Waals surface area contributed by atoms with Crippen molar-refractivity contribution in [3.8, 4) is 10.4 Å². The number of allylic oxidation sites excluding steroid dienone is 1. The Hall–Kier alpha value is -2.40. The van der Waals surface area contributed by atoms with E-state index in [9.17, 15) is 9.59 Å². The third-order valence-electron chi connectivity index (χ3n) is 2.69. The summed E-state index contributed by atoms with van der Waals surface area (Å²) in [6.07, 6.45) is 0.732. The van der Waals surface area contributed by atoms with E-state index in [1.165, 1.54) is 11.3 Å². The van der Waals surface area contributed by atoms with Gasteiger partial charge in [-0.2, -0.15) is 0 Å². The zero-order valence-electron chi connectivity index (χ0n) is 10.7. The molecule has 2 aromatic rings. The maximum Gasteiger partial charge on any atom is 0.371 e. The highest BCUT2D eigenvalue weighted by molar-refractivity contribution is 7.17. The molecule has 0 saturated heterocycles. The van der Waals surface area contributed by atoms with E-state index in [1.54, 1.807) is 6.92 Å². The number of rotatable bonds is 4. The number of carboxylic acids is 1. The Labute approximate surface area is 119 Å². The Balaban J connectivity index is 2.36. The number of hydrogen-bond acceptors (Lipinski definition) is 4. The molecule has 0 radical (unpaired) electrons. The molecule has 0 spiro atoms. The topological polar surface area (TPSA) is 74.6 Å². The van der Waals surface area contributed by atoms with Gasteiger partial charge in [0.15, 0.2) is 5.78 Å². The highest BCUT2D eigenvalue weighted by Crippen LogP contribution is 2.31. The van der Waals surface area contributed by atoms with E-state index in [4.69, 9.17) is 10.2 Å². The van der Waals surface area contributed by atoms with E-state index in [1.807, 2.05) is 36.4 Å². The van der Waals surface area contributed by atoms with Gasteiger partial charge in [-0.1, -0.05) is 30.3 Å². The van der Waals surface area contributed by atoms with Crippen molar-refractivity contribution in [1.82, 2.24) is 0 Å². The molecule has 5 heteroatoms. The summed E-state index contributed by atoms with van der Waals surface area (Å²) in [6, 6.07) is 11.5. The maximum atomic E-state index is 11.9. The summed E-state index contributed by atoms with van der Waals surface area (Å²) in [5, 5.41) is 17.7. The number of thiophene rings is 1. The molecule has 0 amide bonds. The SMILES string of the molecule is Cc1cc(-c2ccccc2)sc1C(=O)/C=C(/O)C(=O)O. The van der Waals surface area contributed by atoms with E-state index in [-0.39, 0.29) is 0 Å². The van der Waals surface area contributed by atoms with Crippen LogP contribution in [0, 0.1) is 6.92 Å². The third kappa shape index (κ3) is 2.95. The number of aryl methyl sites for hydroxylation is 1. The van der Waals surface area contributed by atoms with Crippen LogP contribution >= 0.6 is 11.3 Å². The highest BCUT2D eigenvalue weighted by Gasteiger charge is 2.15. The number of carbonyl (C=O) groups excluding carboxylic acids is 1. The summed E-state index contributed by atoms with van der Waals surface area (Å²) in [6.45, 7) is 1.78. The average molecular weight is 288 g/mol. The number of aliphatic carboxylic acids is 1. The van der Waals surface area contributed by atoms with Gasteiger partial charge in [-0.3, -0.25) is 4.79 Å². The third-order valence-corrected chi connectivity index (χ3v) is 3.99. The van der Waals surface area contributed by atoms with Gasteiger partial charge >= 0.3 is 5.97 Å². The lowest BCUT2D eigenvalue weighted by Crippen LogP contribution is -2.03. The number of carboxylic acid groups (broad SMARTS) is 1. The molecule has 2 N–H and O–H groups in total. The molecule has 0 fully saturated rings. The van der Waals surface area contributed by atoms with Gasteiger partial charge in [0.1, 0.15) is 0 Å². The molecule has 0 saturated carbocycles. The Morgan fingerprint density at radius 2 is 1.80 bits per heavy atom. The smallest absolute Gasteiger partial charge is 0.371 e. The molecule has 102 valence electrons. The van der Waals surface area contributed by atoms with Crippen LogP contribution in [0.3, 0.4) is 0 Å². The molecule has 2 rings (SSSR count). The predicted octanol–water partition coefficient (Wildman–Crippen LogP) is 3.43. The van der Waals surface area contributed by atoms with Crippen LogP contribution in [0.5, 0.6) is 0 Å². The summed E-state index contributed by atoms with van der Waals surface area (Å²) >= 11 is 1.28. The standard InChI is InChI=1S/C15H12O4S/c1-9-7-13(10-5-3-2-4-6-10)20-14(9)11(16)8-12(17)15(18)19/h2-8,17H,1H3,(H,18,19)/b12-8+. The molecule has 0 aliphatic carbocycles. The van der Waals surface area contributed by atoms with E-state index in [2.05, 4.69) is 0 Å². The van der Waals surface area contributed by atoms with Crippen LogP contribution in [0.1, 0.15) is 15.2 Å². The Bertz CT molecular complexity index is 683. The summed E-state index contributed by atoms with van der Waals surface area (Å²) in [5.41, 5.74) is 1.75. The summed E-state index contributed by atoms with van der Waals surface area (Å²) in [5.74, 6) is -2.98. The van der Waals surface area contributed by atoms with Crippen molar-refractivity contribution in [3.63, 3.8) is 0 Å². The maximum absolute atomic E-state index is 11.9. The monoisotopic (exact) mass is 288 g/mol. The molecule has 0 aliphatic heterocycles. The molecule has 1 heterocycles. The molecule has 1 aromatic heterocycles. The van der Waals surface area contributed by atoms with Crippen molar-refractivity contribution < 1.29 is 19.8 Å². The fourth-order valence-corrected chi connectivity index (χ4v) is 2.81. The minimum absolute atomic E-state index is 0.427. The van der Waals surface area contributed by atoms with Crippen LogP contribution in [-0.4, -0.2) is 22.0 Å². The Morgan fingerprint density at radius 1 is 1.15 bits per heavy atom. The van der Waals surface area contributed by atoms with Crippen LogP contribution in [0.15, 0.2) is 48.2 Å². The molecule has 0 aliphatic rings. The minimum atomic E-state index is -1.52. The predicted molar refractivity (Wildman–Crippen MR) is 77.2 cm³/mol. The second-order valence-electron chi connectivity index (χ2n) is 4.19. The van der Waals surface area contributed by atoms with E-state index >= 15 is 0 Å². The van der Waals surface area contributed by atoms with Crippen LogP contribution in [0.4, 0.5) is 0 Å². The van der Waals surface area contributed by atoms with E-state index in [0.29, 0.717) is 4.88 Å². The number of ketones is 1. The molecule has 4 nitrogen and oxygen atoms in total. The zero-order valence-corrected chi connectivity index (χ0v) is 11.5. The first-order chi connectivity index (χ1) is 9.49. The van der Waals surface area contributed by atoms with Crippen molar-refractivity contribution in [2.75, 3.05) is 0 Å². The molecule has 0 atom stereocenters. The van der Waals surface area contributed by atoms with Crippen molar-refractivity contribution in [3.05, 3.63) is 58.7 Å². The molecular formula is C15H12O4S. The van der Waals surface area contributed by atoms with Crippen LogP contribution in [0.2, 0.25) is 0 Å². The number of aliphatic hydroxyl groups is 1. The molecule has 20 heavy (non-hydrogen) atoms. The summed E-state index contributed by atoms with van der Waals surface area (Å²) in [7, 11) is 0. The second kappa shape index (κ2) is 5.71. The number of benzene rings is 1. The van der Waals surface area contributed by atoms with Gasteiger partial charge in [-0.05, 0) is 24.1 Å². The van der Waals surface area contributed by atoms with Gasteiger partial charge in [-0.25, -0.2) is 4.79 Å². The molecule has 0 unspecified atom stereocenters. The van der Waals surface area contributed by atoms with Gasteiger partial charge in [-0.15, -0.1) is 11.3 Å². The normalized spacial score (nSPS) is 11.3.